The first-order valence-corrected chi connectivity index (χ1v) is 7.74. The van der Waals surface area contributed by atoms with E-state index < -0.39 is 0 Å². The van der Waals surface area contributed by atoms with Crippen molar-refractivity contribution in [2.75, 3.05) is 18.6 Å². The molecule has 0 radical (unpaired) electrons. The number of nitrogens with one attached hydrogen (secondary N) is 1. The molecule has 0 amide bonds. The Morgan fingerprint density at radius 3 is 2.88 bits per heavy atom. The Morgan fingerprint density at radius 2 is 2.17 bits per heavy atom. The summed E-state index contributed by atoms with van der Waals surface area (Å²) in [6, 6.07) is 7.50. The van der Waals surface area contributed by atoms with Crippen molar-refractivity contribution in [1.82, 2.24) is 4.98 Å². The van der Waals surface area contributed by atoms with Gasteiger partial charge in [0.1, 0.15) is 6.07 Å². The van der Waals surface area contributed by atoms with Crippen molar-refractivity contribution in [3.05, 3.63) is 35.3 Å². The largest absolute Gasteiger partial charge is 0.490 e. The minimum atomic E-state index is 0.169. The quantitative estimate of drug-likeness (QED) is 0.589. The van der Waals surface area contributed by atoms with Crippen molar-refractivity contribution >= 4 is 12.1 Å². The molecule has 7 heteroatoms. The normalized spacial score (nSPS) is 10.6. The van der Waals surface area contributed by atoms with E-state index in [1.54, 1.807) is 13.1 Å². The van der Waals surface area contributed by atoms with Crippen LogP contribution in [0.15, 0.2) is 27.7 Å². The van der Waals surface area contributed by atoms with Gasteiger partial charge in [-0.05, 0) is 37.1 Å². The molecule has 0 saturated carbocycles. The van der Waals surface area contributed by atoms with Gasteiger partial charge in [0.15, 0.2) is 17.4 Å². The Morgan fingerprint density at radius 1 is 1.33 bits per heavy atom. The smallest absolute Gasteiger partial charge is 0.252 e. The molecule has 0 spiro atoms. The van der Waals surface area contributed by atoms with Crippen LogP contribution in [0.25, 0.3) is 0 Å². The van der Waals surface area contributed by atoms with Gasteiger partial charge in [0, 0.05) is 6.92 Å². The second-order valence-corrected chi connectivity index (χ2v) is 4.88. The summed E-state index contributed by atoms with van der Waals surface area (Å²) in [5.41, 5.74) is 3.67. The van der Waals surface area contributed by atoms with Crippen molar-refractivity contribution in [3.63, 3.8) is 0 Å². The summed E-state index contributed by atoms with van der Waals surface area (Å²) in [5.74, 6) is 2.00. The highest BCUT2D eigenvalue weighted by atomic mass is 16.5. The van der Waals surface area contributed by atoms with E-state index in [-0.39, 0.29) is 11.6 Å². The zero-order chi connectivity index (χ0) is 17.4. The minimum Gasteiger partial charge on any atom is -0.490 e. The van der Waals surface area contributed by atoms with Crippen LogP contribution in [0, 0.1) is 18.3 Å². The molecular formula is C17H20N4O3. The molecule has 0 fully saturated rings. The van der Waals surface area contributed by atoms with Crippen LogP contribution in [0.3, 0.4) is 0 Å². The van der Waals surface area contributed by atoms with Crippen molar-refractivity contribution in [2.45, 2.75) is 27.2 Å². The van der Waals surface area contributed by atoms with Crippen LogP contribution in [-0.2, 0) is 0 Å². The molecule has 0 aliphatic carbocycles. The highest BCUT2D eigenvalue weighted by Gasteiger charge is 2.09. The average molecular weight is 328 g/mol. The number of aryl methyl sites for hydroxylation is 1. The van der Waals surface area contributed by atoms with E-state index in [9.17, 15) is 0 Å². The third-order valence-corrected chi connectivity index (χ3v) is 2.95. The molecule has 2 aromatic rings. The Bertz CT molecular complexity index is 747. The van der Waals surface area contributed by atoms with Crippen LogP contribution in [-0.4, -0.2) is 24.4 Å². The maximum Gasteiger partial charge on any atom is 0.252 e. The molecule has 24 heavy (non-hydrogen) atoms. The Balaban J connectivity index is 2.11. The van der Waals surface area contributed by atoms with Gasteiger partial charge < -0.3 is 13.9 Å². The van der Waals surface area contributed by atoms with Crippen LogP contribution >= 0.6 is 0 Å². The first-order chi connectivity index (χ1) is 11.7. The van der Waals surface area contributed by atoms with Crippen LogP contribution < -0.4 is 14.9 Å². The van der Waals surface area contributed by atoms with Crippen LogP contribution in [0.2, 0.25) is 0 Å². The molecule has 0 saturated heterocycles. The molecule has 1 aromatic carbocycles. The average Bonchev–Trinajstić information content (AvgIpc) is 2.94. The molecule has 2 rings (SSSR count). The van der Waals surface area contributed by atoms with Gasteiger partial charge in [-0.3, -0.25) is 0 Å². The molecule has 0 bridgehead atoms. The SMILES string of the molecule is CCCOc1ccc(/C=N/Nc2oc(C)nc2C#N)cc1OCC. The second-order valence-electron chi connectivity index (χ2n) is 4.88. The molecule has 0 aliphatic heterocycles. The molecule has 1 heterocycles. The van der Waals surface area contributed by atoms with Crippen molar-refractivity contribution in [1.29, 1.82) is 5.26 Å². The predicted octanol–water partition coefficient (Wildman–Crippen LogP) is 3.49. The lowest BCUT2D eigenvalue weighted by Crippen LogP contribution is -2.01. The third kappa shape index (κ3) is 4.49. The summed E-state index contributed by atoms with van der Waals surface area (Å²) in [7, 11) is 0. The second kappa shape index (κ2) is 8.58. The zero-order valence-electron chi connectivity index (χ0n) is 14.0. The Labute approximate surface area is 140 Å². The molecule has 0 unspecified atom stereocenters. The fraction of sp³-hybridized carbons (Fsp3) is 0.353. The standard InChI is InChI=1S/C17H20N4O3/c1-4-8-23-15-7-6-13(9-16(15)22-5-2)11-19-21-17-14(10-18)20-12(3)24-17/h6-7,9,11,21H,4-5,8H2,1-3H3/b19-11+. The van der Waals surface area contributed by atoms with E-state index in [1.165, 1.54) is 0 Å². The van der Waals surface area contributed by atoms with E-state index in [4.69, 9.17) is 19.2 Å². The molecule has 126 valence electrons. The first kappa shape index (κ1) is 17.3. The number of rotatable bonds is 8. The summed E-state index contributed by atoms with van der Waals surface area (Å²) in [5, 5.41) is 13.0. The fourth-order valence-corrected chi connectivity index (χ4v) is 1.95. The topological polar surface area (TPSA) is 92.7 Å². The maximum absolute atomic E-state index is 8.95. The number of hydrogen-bond acceptors (Lipinski definition) is 7. The highest BCUT2D eigenvalue weighted by molar-refractivity contribution is 5.81. The number of nitriles is 1. The zero-order valence-corrected chi connectivity index (χ0v) is 14.0. The number of benzene rings is 1. The maximum atomic E-state index is 8.95. The number of nitrogens with zero attached hydrogens (tertiary/aromatic N) is 3. The van der Waals surface area contributed by atoms with Crippen LogP contribution in [0.5, 0.6) is 11.5 Å². The molecular weight excluding hydrogens is 308 g/mol. The van der Waals surface area contributed by atoms with Gasteiger partial charge in [-0.2, -0.15) is 10.4 Å². The summed E-state index contributed by atoms with van der Waals surface area (Å²) < 4.78 is 16.5. The van der Waals surface area contributed by atoms with Gasteiger partial charge in [0.2, 0.25) is 5.69 Å². The fourth-order valence-electron chi connectivity index (χ4n) is 1.95. The summed E-state index contributed by atoms with van der Waals surface area (Å²) in [6.07, 6.45) is 2.53. The van der Waals surface area contributed by atoms with Gasteiger partial charge in [-0.25, -0.2) is 10.4 Å². The molecule has 0 atom stereocenters. The van der Waals surface area contributed by atoms with Crippen molar-refractivity contribution < 1.29 is 13.9 Å². The van der Waals surface area contributed by atoms with Gasteiger partial charge in [0.25, 0.3) is 5.88 Å². The van der Waals surface area contributed by atoms with Crippen molar-refractivity contribution in [3.8, 4) is 17.6 Å². The van der Waals surface area contributed by atoms with E-state index in [2.05, 4.69) is 15.5 Å². The molecule has 0 aliphatic rings. The van der Waals surface area contributed by atoms with Crippen LogP contribution in [0.4, 0.5) is 5.88 Å². The van der Waals surface area contributed by atoms with E-state index in [0.717, 1.165) is 12.0 Å². The van der Waals surface area contributed by atoms with Crippen LogP contribution in [0.1, 0.15) is 37.4 Å². The van der Waals surface area contributed by atoms with Gasteiger partial charge in [0.05, 0.1) is 19.4 Å². The van der Waals surface area contributed by atoms with E-state index in [0.29, 0.717) is 30.6 Å². The molecule has 7 nitrogen and oxygen atoms in total. The highest BCUT2D eigenvalue weighted by Crippen LogP contribution is 2.28. The number of oxazole rings is 1. The first-order valence-electron chi connectivity index (χ1n) is 7.74. The monoisotopic (exact) mass is 328 g/mol. The molecule has 1 aromatic heterocycles. The van der Waals surface area contributed by atoms with E-state index in [1.807, 2.05) is 38.1 Å². The number of hydrogen-bond donors (Lipinski definition) is 1. The van der Waals surface area contributed by atoms with E-state index >= 15 is 0 Å². The van der Waals surface area contributed by atoms with Crippen molar-refractivity contribution in [2.24, 2.45) is 5.10 Å². The third-order valence-electron chi connectivity index (χ3n) is 2.95. The van der Waals surface area contributed by atoms with Gasteiger partial charge in [-0.15, -0.1) is 0 Å². The molecule has 1 N–H and O–H groups in total. The Kier molecular flexibility index (Phi) is 6.20. The number of ether oxygens (including phenoxy) is 2. The summed E-state index contributed by atoms with van der Waals surface area (Å²) in [6.45, 7) is 6.81. The van der Waals surface area contributed by atoms with Gasteiger partial charge in [-0.1, -0.05) is 6.92 Å². The predicted molar refractivity (Wildman–Crippen MR) is 90.6 cm³/mol. The number of aromatic nitrogens is 1. The Hall–Kier alpha value is -3.01. The lowest BCUT2D eigenvalue weighted by Gasteiger charge is -2.11. The number of hydrazone groups is 1. The lowest BCUT2D eigenvalue weighted by molar-refractivity contribution is 0.277. The van der Waals surface area contributed by atoms with Gasteiger partial charge >= 0.3 is 0 Å². The summed E-state index contributed by atoms with van der Waals surface area (Å²) >= 11 is 0. The minimum absolute atomic E-state index is 0.169. The lowest BCUT2D eigenvalue weighted by atomic mass is 10.2. The number of anilines is 1. The summed E-state index contributed by atoms with van der Waals surface area (Å²) in [4.78, 5) is 3.93.